The number of β-amino-alcohol motifs (C(OH)–C–C–N with tert-alkyl or cyclic N) is 1. The van der Waals surface area contributed by atoms with Crippen LogP contribution in [0.25, 0.3) is 10.6 Å². The predicted molar refractivity (Wildman–Crippen MR) is 76.7 cm³/mol. The van der Waals surface area contributed by atoms with Crippen molar-refractivity contribution in [2.75, 3.05) is 13.1 Å². The second-order valence-electron chi connectivity index (χ2n) is 4.64. The Morgan fingerprint density at radius 2 is 2.42 bits per heavy atom. The van der Waals surface area contributed by atoms with Crippen LogP contribution in [0.15, 0.2) is 16.8 Å². The van der Waals surface area contributed by atoms with E-state index >= 15 is 0 Å². The first-order chi connectivity index (χ1) is 9.15. The highest BCUT2D eigenvalue weighted by Gasteiger charge is 2.28. The molecule has 4 nitrogen and oxygen atoms in total. The number of hydrogen-bond donors (Lipinski definition) is 1. The number of thiazole rings is 1. The molecule has 0 spiro atoms. The van der Waals surface area contributed by atoms with Gasteiger partial charge in [-0.05, 0) is 24.8 Å². The maximum absolute atomic E-state index is 12.4. The summed E-state index contributed by atoms with van der Waals surface area (Å²) in [6.07, 6.45) is 0.287. The Hall–Kier alpha value is -1.24. The Morgan fingerprint density at radius 3 is 3.05 bits per heavy atom. The number of likely N-dealkylation sites (tertiary alicyclic amines) is 1. The SMILES string of the molecule is Cc1nc(-c2ccsc2)sc1C(=O)N1CC[C@@H](O)C1. The molecule has 100 valence electrons. The van der Waals surface area contributed by atoms with Crippen LogP contribution in [0.4, 0.5) is 0 Å². The first kappa shape index (κ1) is 12.8. The van der Waals surface area contributed by atoms with Gasteiger partial charge in [0.15, 0.2) is 0 Å². The summed E-state index contributed by atoms with van der Waals surface area (Å²) in [6.45, 7) is 2.93. The number of carbonyl (C=O) groups excluding carboxylic acids is 1. The fraction of sp³-hybridized carbons (Fsp3) is 0.385. The standard InChI is InChI=1S/C13H14N2O2S2/c1-8-11(13(17)15-4-2-10(16)6-15)19-12(14-8)9-3-5-18-7-9/h3,5,7,10,16H,2,4,6H2,1H3/t10-/m1/s1. The van der Waals surface area contributed by atoms with Crippen molar-refractivity contribution in [2.24, 2.45) is 0 Å². The monoisotopic (exact) mass is 294 g/mol. The third-order valence-corrected chi connectivity index (χ3v) is 5.09. The van der Waals surface area contributed by atoms with Crippen molar-refractivity contribution >= 4 is 28.6 Å². The van der Waals surface area contributed by atoms with Crippen LogP contribution in [0.2, 0.25) is 0 Å². The Labute approximate surface area is 119 Å². The lowest BCUT2D eigenvalue weighted by Gasteiger charge is -2.14. The summed E-state index contributed by atoms with van der Waals surface area (Å²) >= 11 is 3.06. The van der Waals surface area contributed by atoms with Crippen molar-refractivity contribution in [3.63, 3.8) is 0 Å². The second kappa shape index (κ2) is 5.03. The largest absolute Gasteiger partial charge is 0.391 e. The molecule has 3 heterocycles. The molecule has 1 fully saturated rings. The molecule has 1 saturated heterocycles. The number of thiophene rings is 1. The Kier molecular flexibility index (Phi) is 3.38. The van der Waals surface area contributed by atoms with Crippen LogP contribution in [0.5, 0.6) is 0 Å². The van der Waals surface area contributed by atoms with Crippen LogP contribution in [0, 0.1) is 6.92 Å². The molecule has 0 radical (unpaired) electrons. The molecule has 2 aromatic heterocycles. The number of hydrogen-bond acceptors (Lipinski definition) is 5. The normalized spacial score (nSPS) is 19.1. The van der Waals surface area contributed by atoms with E-state index in [0.29, 0.717) is 24.4 Å². The maximum atomic E-state index is 12.4. The van der Waals surface area contributed by atoms with E-state index in [1.807, 2.05) is 23.8 Å². The van der Waals surface area contributed by atoms with Gasteiger partial charge in [-0.3, -0.25) is 4.79 Å². The molecule has 1 atom stereocenters. The van der Waals surface area contributed by atoms with Crippen molar-refractivity contribution in [3.05, 3.63) is 27.4 Å². The van der Waals surface area contributed by atoms with E-state index < -0.39 is 0 Å². The fourth-order valence-corrected chi connectivity index (χ4v) is 3.92. The van der Waals surface area contributed by atoms with Crippen molar-refractivity contribution in [2.45, 2.75) is 19.4 Å². The van der Waals surface area contributed by atoms with E-state index in [-0.39, 0.29) is 12.0 Å². The molecule has 0 saturated carbocycles. The molecular formula is C13H14N2O2S2. The lowest BCUT2D eigenvalue weighted by Crippen LogP contribution is -2.29. The van der Waals surface area contributed by atoms with Crippen molar-refractivity contribution < 1.29 is 9.90 Å². The molecule has 0 bridgehead atoms. The topological polar surface area (TPSA) is 53.4 Å². The molecule has 2 aromatic rings. The van der Waals surface area contributed by atoms with Gasteiger partial charge in [0, 0.05) is 24.0 Å². The first-order valence-electron chi connectivity index (χ1n) is 6.12. The minimum atomic E-state index is -0.381. The summed E-state index contributed by atoms with van der Waals surface area (Å²) < 4.78 is 0. The summed E-state index contributed by atoms with van der Waals surface area (Å²) in [7, 11) is 0. The predicted octanol–water partition coefficient (Wildman–Crippen LogP) is 2.39. The van der Waals surface area contributed by atoms with Gasteiger partial charge in [0.05, 0.1) is 11.8 Å². The van der Waals surface area contributed by atoms with E-state index in [4.69, 9.17) is 0 Å². The Balaban J connectivity index is 1.87. The van der Waals surface area contributed by atoms with Gasteiger partial charge in [-0.25, -0.2) is 4.98 Å². The van der Waals surface area contributed by atoms with Gasteiger partial charge < -0.3 is 10.0 Å². The zero-order valence-corrected chi connectivity index (χ0v) is 12.1. The number of aromatic nitrogens is 1. The minimum absolute atomic E-state index is 0.00645. The van der Waals surface area contributed by atoms with Gasteiger partial charge in [-0.2, -0.15) is 11.3 Å². The van der Waals surface area contributed by atoms with Crippen LogP contribution in [-0.2, 0) is 0 Å². The van der Waals surface area contributed by atoms with Gasteiger partial charge in [0.2, 0.25) is 0 Å². The molecule has 0 aliphatic carbocycles. The zero-order chi connectivity index (χ0) is 13.4. The molecule has 1 aliphatic heterocycles. The molecule has 19 heavy (non-hydrogen) atoms. The van der Waals surface area contributed by atoms with Gasteiger partial charge in [-0.1, -0.05) is 0 Å². The van der Waals surface area contributed by atoms with Gasteiger partial charge in [0.1, 0.15) is 9.88 Å². The molecule has 3 rings (SSSR count). The number of aryl methyl sites for hydroxylation is 1. The molecule has 1 amide bonds. The Bertz CT molecular complexity index is 592. The first-order valence-corrected chi connectivity index (χ1v) is 7.88. The van der Waals surface area contributed by atoms with Crippen LogP contribution >= 0.6 is 22.7 Å². The minimum Gasteiger partial charge on any atom is -0.391 e. The molecule has 0 unspecified atom stereocenters. The summed E-state index contributed by atoms with van der Waals surface area (Å²) in [5.41, 5.74) is 1.84. The molecule has 0 aromatic carbocycles. The van der Waals surface area contributed by atoms with Crippen LogP contribution < -0.4 is 0 Å². The summed E-state index contributed by atoms with van der Waals surface area (Å²) in [5.74, 6) is -0.00645. The molecule has 1 aliphatic rings. The molecular weight excluding hydrogens is 280 g/mol. The third-order valence-electron chi connectivity index (χ3n) is 3.21. The summed E-state index contributed by atoms with van der Waals surface area (Å²) in [5, 5.41) is 14.4. The zero-order valence-electron chi connectivity index (χ0n) is 10.5. The lowest BCUT2D eigenvalue weighted by atomic mass is 10.3. The number of carbonyl (C=O) groups is 1. The average Bonchev–Trinajstić information content (AvgIpc) is 3.07. The highest BCUT2D eigenvalue weighted by Crippen LogP contribution is 2.30. The number of aliphatic hydroxyl groups excluding tert-OH is 1. The van der Waals surface area contributed by atoms with E-state index in [1.165, 1.54) is 11.3 Å². The summed E-state index contributed by atoms with van der Waals surface area (Å²) in [6, 6.07) is 2.01. The lowest BCUT2D eigenvalue weighted by molar-refractivity contribution is 0.0769. The highest BCUT2D eigenvalue weighted by molar-refractivity contribution is 7.17. The summed E-state index contributed by atoms with van der Waals surface area (Å²) in [4.78, 5) is 19.3. The van der Waals surface area contributed by atoms with E-state index in [0.717, 1.165) is 16.3 Å². The number of nitrogens with zero attached hydrogens (tertiary/aromatic N) is 2. The smallest absolute Gasteiger partial charge is 0.265 e. The van der Waals surface area contributed by atoms with Crippen molar-refractivity contribution in [3.8, 4) is 10.6 Å². The van der Waals surface area contributed by atoms with Gasteiger partial charge in [0.25, 0.3) is 5.91 Å². The molecule has 6 heteroatoms. The number of amides is 1. The third kappa shape index (κ3) is 2.43. The highest BCUT2D eigenvalue weighted by atomic mass is 32.1. The van der Waals surface area contributed by atoms with E-state index in [1.54, 1.807) is 16.2 Å². The Morgan fingerprint density at radius 1 is 1.58 bits per heavy atom. The maximum Gasteiger partial charge on any atom is 0.265 e. The number of aliphatic hydroxyl groups is 1. The van der Waals surface area contributed by atoms with Gasteiger partial charge in [-0.15, -0.1) is 11.3 Å². The molecule has 1 N–H and O–H groups in total. The van der Waals surface area contributed by atoms with Crippen molar-refractivity contribution in [1.82, 2.24) is 9.88 Å². The quantitative estimate of drug-likeness (QED) is 0.925. The van der Waals surface area contributed by atoms with Gasteiger partial charge >= 0.3 is 0 Å². The van der Waals surface area contributed by atoms with E-state index in [9.17, 15) is 9.90 Å². The number of rotatable bonds is 2. The van der Waals surface area contributed by atoms with Crippen LogP contribution in [-0.4, -0.2) is 40.1 Å². The van der Waals surface area contributed by atoms with E-state index in [2.05, 4.69) is 4.98 Å². The van der Waals surface area contributed by atoms with Crippen LogP contribution in [0.3, 0.4) is 0 Å². The van der Waals surface area contributed by atoms with Crippen molar-refractivity contribution in [1.29, 1.82) is 0 Å². The fourth-order valence-electron chi connectivity index (χ4n) is 2.17. The average molecular weight is 294 g/mol. The second-order valence-corrected chi connectivity index (χ2v) is 6.42. The van der Waals surface area contributed by atoms with Crippen LogP contribution in [0.1, 0.15) is 21.8 Å².